The van der Waals surface area contributed by atoms with Crippen LogP contribution in [0.4, 0.5) is 0 Å². The molecule has 2 N–H and O–H groups in total. The molecule has 0 rings (SSSR count). The van der Waals surface area contributed by atoms with E-state index in [1.54, 1.807) is 7.11 Å². The fraction of sp³-hybridized carbons (Fsp3) is 1.00. The Morgan fingerprint density at radius 1 is 1.23 bits per heavy atom. The number of methoxy groups -OCH3 is 1. The van der Waals surface area contributed by atoms with Gasteiger partial charge in [-0.15, -0.1) is 0 Å². The second kappa shape index (κ2) is 7.30. The minimum atomic E-state index is 0.139. The molecular formula is C10H23NO2. The van der Waals surface area contributed by atoms with Gasteiger partial charge in [0.05, 0.1) is 19.3 Å². The summed E-state index contributed by atoms with van der Waals surface area (Å²) in [6.07, 6.45) is 1.24. The zero-order chi connectivity index (χ0) is 10.3. The second-order valence-corrected chi connectivity index (χ2v) is 3.65. The highest BCUT2D eigenvalue weighted by atomic mass is 16.5. The van der Waals surface area contributed by atoms with Crippen LogP contribution in [0.15, 0.2) is 0 Å². The molecule has 0 amide bonds. The third-order valence-corrected chi connectivity index (χ3v) is 2.35. The van der Waals surface area contributed by atoms with E-state index >= 15 is 0 Å². The average Bonchev–Trinajstić information content (AvgIpc) is 2.13. The Labute approximate surface area is 81.6 Å². The van der Waals surface area contributed by atoms with Crippen LogP contribution in [0, 0.1) is 5.92 Å². The Kier molecular flexibility index (Phi) is 7.23. The Morgan fingerprint density at radius 2 is 1.85 bits per heavy atom. The summed E-state index contributed by atoms with van der Waals surface area (Å²) in [4.78, 5) is 0. The lowest BCUT2D eigenvalue weighted by Crippen LogP contribution is -2.35. The van der Waals surface area contributed by atoms with Crippen LogP contribution >= 0.6 is 0 Å². The third kappa shape index (κ3) is 6.02. The van der Waals surface area contributed by atoms with Gasteiger partial charge in [0.25, 0.3) is 0 Å². The molecule has 0 aliphatic carbocycles. The van der Waals surface area contributed by atoms with Crippen molar-refractivity contribution in [2.75, 3.05) is 20.3 Å². The molecule has 0 radical (unpaired) electrons. The molecule has 13 heavy (non-hydrogen) atoms. The van der Waals surface area contributed by atoms with E-state index in [0.29, 0.717) is 19.1 Å². The van der Waals surface area contributed by atoms with E-state index in [4.69, 9.17) is 15.2 Å². The minimum absolute atomic E-state index is 0.139. The van der Waals surface area contributed by atoms with E-state index in [1.807, 2.05) is 6.92 Å². The van der Waals surface area contributed by atoms with Crippen molar-refractivity contribution < 1.29 is 9.47 Å². The lowest BCUT2D eigenvalue weighted by molar-refractivity contribution is -0.00157. The Balaban J connectivity index is 3.50. The van der Waals surface area contributed by atoms with E-state index < -0.39 is 0 Å². The maximum Gasteiger partial charge on any atom is 0.0781 e. The standard InChI is InChI=1S/C10H23NO2/c1-5-8(2)10(11)7-13-9(3)6-12-4/h8-10H,5-7,11H2,1-4H3. The lowest BCUT2D eigenvalue weighted by atomic mass is 10.0. The van der Waals surface area contributed by atoms with Gasteiger partial charge >= 0.3 is 0 Å². The predicted molar refractivity (Wildman–Crippen MR) is 54.7 cm³/mol. The molecule has 3 unspecified atom stereocenters. The maximum atomic E-state index is 5.91. The van der Waals surface area contributed by atoms with Gasteiger partial charge in [-0.05, 0) is 12.8 Å². The van der Waals surface area contributed by atoms with Gasteiger partial charge < -0.3 is 15.2 Å². The van der Waals surface area contributed by atoms with Crippen molar-refractivity contribution in [3.63, 3.8) is 0 Å². The maximum absolute atomic E-state index is 5.91. The number of rotatable bonds is 7. The van der Waals surface area contributed by atoms with Crippen molar-refractivity contribution in [3.05, 3.63) is 0 Å². The predicted octanol–water partition coefficient (Wildman–Crippen LogP) is 1.41. The van der Waals surface area contributed by atoms with Crippen molar-refractivity contribution in [1.82, 2.24) is 0 Å². The minimum Gasteiger partial charge on any atom is -0.382 e. The zero-order valence-corrected chi connectivity index (χ0v) is 9.25. The summed E-state index contributed by atoms with van der Waals surface area (Å²) < 4.78 is 10.5. The molecule has 3 nitrogen and oxygen atoms in total. The highest BCUT2D eigenvalue weighted by molar-refractivity contribution is 4.67. The van der Waals surface area contributed by atoms with Crippen molar-refractivity contribution >= 4 is 0 Å². The fourth-order valence-electron chi connectivity index (χ4n) is 1.03. The van der Waals surface area contributed by atoms with Gasteiger partial charge in [-0.1, -0.05) is 20.3 Å². The van der Waals surface area contributed by atoms with Gasteiger partial charge in [0.15, 0.2) is 0 Å². The number of nitrogens with two attached hydrogens (primary N) is 1. The topological polar surface area (TPSA) is 44.5 Å². The van der Waals surface area contributed by atoms with E-state index in [9.17, 15) is 0 Å². The third-order valence-electron chi connectivity index (χ3n) is 2.35. The van der Waals surface area contributed by atoms with Gasteiger partial charge in [-0.3, -0.25) is 0 Å². The molecule has 3 atom stereocenters. The number of ether oxygens (including phenoxy) is 2. The monoisotopic (exact) mass is 189 g/mol. The van der Waals surface area contributed by atoms with Gasteiger partial charge in [-0.25, -0.2) is 0 Å². The number of hydrogen-bond donors (Lipinski definition) is 1. The Hall–Kier alpha value is -0.120. The van der Waals surface area contributed by atoms with E-state index in [1.165, 1.54) is 0 Å². The first-order valence-corrected chi connectivity index (χ1v) is 4.97. The summed E-state index contributed by atoms with van der Waals surface area (Å²) in [7, 11) is 1.68. The largest absolute Gasteiger partial charge is 0.382 e. The summed E-state index contributed by atoms with van der Waals surface area (Å²) in [5.74, 6) is 0.523. The molecule has 0 aromatic rings. The van der Waals surface area contributed by atoms with Crippen LogP contribution in [0.3, 0.4) is 0 Å². The quantitative estimate of drug-likeness (QED) is 0.658. The van der Waals surface area contributed by atoms with Crippen LogP contribution in [0.25, 0.3) is 0 Å². The van der Waals surface area contributed by atoms with E-state index in [0.717, 1.165) is 6.42 Å². The van der Waals surface area contributed by atoms with E-state index in [-0.39, 0.29) is 12.1 Å². The molecule has 0 aliphatic heterocycles. The van der Waals surface area contributed by atoms with Gasteiger partial charge in [0.1, 0.15) is 0 Å². The van der Waals surface area contributed by atoms with Gasteiger partial charge in [0, 0.05) is 13.2 Å². The summed E-state index contributed by atoms with van der Waals surface area (Å²) in [6, 6.07) is 0.143. The lowest BCUT2D eigenvalue weighted by Gasteiger charge is -2.20. The molecule has 80 valence electrons. The molecule has 0 spiro atoms. The van der Waals surface area contributed by atoms with Crippen molar-refractivity contribution in [2.45, 2.75) is 39.3 Å². The summed E-state index contributed by atoms with van der Waals surface area (Å²) in [5.41, 5.74) is 5.91. The molecule has 0 heterocycles. The molecule has 0 aliphatic rings. The Morgan fingerprint density at radius 3 is 2.31 bits per heavy atom. The molecule has 0 saturated heterocycles. The van der Waals surface area contributed by atoms with Crippen LogP contribution in [0.1, 0.15) is 27.2 Å². The summed E-state index contributed by atoms with van der Waals surface area (Å²) >= 11 is 0. The first kappa shape index (κ1) is 12.9. The molecule has 0 bridgehead atoms. The zero-order valence-electron chi connectivity index (χ0n) is 9.25. The fourth-order valence-corrected chi connectivity index (χ4v) is 1.03. The molecule has 0 saturated carbocycles. The SMILES string of the molecule is CCC(C)C(N)COC(C)COC. The smallest absolute Gasteiger partial charge is 0.0781 e. The highest BCUT2D eigenvalue weighted by Crippen LogP contribution is 2.06. The van der Waals surface area contributed by atoms with Gasteiger partial charge in [-0.2, -0.15) is 0 Å². The molecule has 3 heteroatoms. The van der Waals surface area contributed by atoms with Gasteiger partial charge in [0.2, 0.25) is 0 Å². The van der Waals surface area contributed by atoms with Crippen LogP contribution in [-0.4, -0.2) is 32.5 Å². The normalized spacial score (nSPS) is 18.2. The second-order valence-electron chi connectivity index (χ2n) is 3.65. The van der Waals surface area contributed by atoms with Crippen molar-refractivity contribution in [3.8, 4) is 0 Å². The van der Waals surface area contributed by atoms with Crippen molar-refractivity contribution in [1.29, 1.82) is 0 Å². The molecule has 0 aromatic carbocycles. The Bertz CT molecular complexity index is 119. The highest BCUT2D eigenvalue weighted by Gasteiger charge is 2.12. The molecule has 0 aromatic heterocycles. The summed E-state index contributed by atoms with van der Waals surface area (Å²) in [6.45, 7) is 7.54. The van der Waals surface area contributed by atoms with E-state index in [2.05, 4.69) is 13.8 Å². The average molecular weight is 189 g/mol. The number of hydrogen-bond acceptors (Lipinski definition) is 3. The molecule has 0 fully saturated rings. The van der Waals surface area contributed by atoms with Crippen LogP contribution in [-0.2, 0) is 9.47 Å². The molecular weight excluding hydrogens is 166 g/mol. The van der Waals surface area contributed by atoms with Crippen LogP contribution < -0.4 is 5.73 Å². The van der Waals surface area contributed by atoms with Crippen molar-refractivity contribution in [2.24, 2.45) is 11.7 Å². The van der Waals surface area contributed by atoms with Crippen LogP contribution in [0.5, 0.6) is 0 Å². The van der Waals surface area contributed by atoms with Crippen LogP contribution in [0.2, 0.25) is 0 Å². The first-order valence-electron chi connectivity index (χ1n) is 4.97. The first-order chi connectivity index (χ1) is 6.11. The summed E-state index contributed by atoms with van der Waals surface area (Å²) in [5, 5.41) is 0.